The number of hydrogen-bond donors (Lipinski definition) is 2. The first-order valence-electron chi connectivity index (χ1n) is 6.29. The number of aromatic nitrogens is 1. The molecule has 0 bridgehead atoms. The molecule has 2 N–H and O–H groups in total. The highest BCUT2D eigenvalue weighted by Crippen LogP contribution is 2.30. The van der Waals surface area contributed by atoms with Crippen molar-refractivity contribution in [3.05, 3.63) is 23.0 Å². The highest BCUT2D eigenvalue weighted by atomic mass is 35.5. The van der Waals surface area contributed by atoms with E-state index in [4.69, 9.17) is 11.6 Å². The molecule has 1 aliphatic carbocycles. The van der Waals surface area contributed by atoms with E-state index >= 15 is 0 Å². The first-order valence-corrected chi connectivity index (χ1v) is 6.67. The van der Waals surface area contributed by atoms with E-state index in [0.717, 1.165) is 19.3 Å². The van der Waals surface area contributed by atoms with Gasteiger partial charge < -0.3 is 15.0 Å². The second kappa shape index (κ2) is 4.94. The topological polar surface area (TPSA) is 54.3 Å². The molecule has 1 aliphatic rings. The molecule has 18 heavy (non-hydrogen) atoms. The van der Waals surface area contributed by atoms with Gasteiger partial charge in [0.1, 0.15) is 5.69 Å². The molecule has 0 aliphatic heterocycles. The smallest absolute Gasteiger partial charge is 0.268 e. The van der Waals surface area contributed by atoms with Gasteiger partial charge in [0.15, 0.2) is 0 Å². The van der Waals surface area contributed by atoms with Crippen molar-refractivity contribution in [3.63, 3.8) is 0 Å². The van der Waals surface area contributed by atoms with Gasteiger partial charge in [-0.2, -0.15) is 0 Å². The van der Waals surface area contributed by atoms with Crippen LogP contribution in [-0.2, 0) is 0 Å². The van der Waals surface area contributed by atoms with Crippen molar-refractivity contribution < 1.29 is 9.90 Å². The molecule has 1 aromatic heterocycles. The van der Waals surface area contributed by atoms with Gasteiger partial charge in [0.05, 0.1) is 10.6 Å². The quantitative estimate of drug-likeness (QED) is 0.883. The van der Waals surface area contributed by atoms with Gasteiger partial charge in [-0.3, -0.25) is 4.79 Å². The molecule has 1 aromatic rings. The molecule has 0 saturated heterocycles. The zero-order valence-electron chi connectivity index (χ0n) is 10.7. The highest BCUT2D eigenvalue weighted by Gasteiger charge is 2.34. The van der Waals surface area contributed by atoms with Crippen LogP contribution >= 0.6 is 11.6 Å². The molecule has 0 radical (unpaired) electrons. The lowest BCUT2D eigenvalue weighted by molar-refractivity contribution is -0.0301. The molecule has 4 nitrogen and oxygen atoms in total. The van der Waals surface area contributed by atoms with Crippen LogP contribution < -0.4 is 5.32 Å². The van der Waals surface area contributed by atoms with Crippen LogP contribution in [0.2, 0.25) is 5.02 Å². The molecule has 1 fully saturated rings. The Bertz CT molecular complexity index is 450. The Morgan fingerprint density at radius 3 is 2.78 bits per heavy atom. The maximum absolute atomic E-state index is 12.1. The molecule has 0 atom stereocenters. The lowest BCUT2D eigenvalue weighted by atomic mass is 9.80. The molecular weight excluding hydrogens is 252 g/mol. The van der Waals surface area contributed by atoms with Gasteiger partial charge in [-0.05, 0) is 39.2 Å². The van der Waals surface area contributed by atoms with E-state index in [2.05, 4.69) is 5.32 Å². The molecule has 2 rings (SSSR count). The van der Waals surface area contributed by atoms with E-state index in [1.807, 2.05) is 18.4 Å². The molecule has 0 aromatic carbocycles. The van der Waals surface area contributed by atoms with E-state index in [1.165, 1.54) is 0 Å². The van der Waals surface area contributed by atoms with Gasteiger partial charge in [0.25, 0.3) is 5.91 Å². The Kier molecular flexibility index (Phi) is 3.69. The summed E-state index contributed by atoms with van der Waals surface area (Å²) in [4.78, 5) is 12.1. The first-order chi connectivity index (χ1) is 8.41. The van der Waals surface area contributed by atoms with Crippen LogP contribution in [-0.4, -0.2) is 27.7 Å². The summed E-state index contributed by atoms with van der Waals surface area (Å²) in [5.74, 6) is -0.184. The number of carbonyl (C=O) groups is 1. The summed E-state index contributed by atoms with van der Waals surface area (Å²) in [7, 11) is 0. The van der Waals surface area contributed by atoms with Crippen molar-refractivity contribution in [1.29, 1.82) is 0 Å². The molecule has 100 valence electrons. The largest absolute Gasteiger partial charge is 0.388 e. The molecule has 1 heterocycles. The maximum Gasteiger partial charge on any atom is 0.268 e. The summed E-state index contributed by atoms with van der Waals surface area (Å²) in [5.41, 5.74) is -0.160. The highest BCUT2D eigenvalue weighted by molar-refractivity contribution is 6.31. The second-order valence-corrected chi connectivity index (χ2v) is 5.74. The molecular formula is C13H19ClN2O2. The summed E-state index contributed by atoms with van der Waals surface area (Å²) in [6.45, 7) is 4.30. The van der Waals surface area contributed by atoms with Crippen molar-refractivity contribution in [3.8, 4) is 0 Å². The SMILES string of the molecule is CC(C)n1cc(Cl)cc1C(=O)NCC1(O)CCC1. The van der Waals surface area contributed by atoms with Crippen LogP contribution in [0.3, 0.4) is 0 Å². The fraction of sp³-hybridized carbons (Fsp3) is 0.615. The predicted octanol–water partition coefficient (Wildman–Crippen LogP) is 2.37. The van der Waals surface area contributed by atoms with Crippen LogP contribution in [0, 0.1) is 0 Å². The molecule has 0 unspecified atom stereocenters. The molecule has 5 heteroatoms. The van der Waals surface area contributed by atoms with Gasteiger partial charge in [-0.25, -0.2) is 0 Å². The maximum atomic E-state index is 12.1. The summed E-state index contributed by atoms with van der Waals surface area (Å²) in [6, 6.07) is 1.83. The number of amides is 1. The van der Waals surface area contributed by atoms with Gasteiger partial charge in [0.2, 0.25) is 0 Å². The Morgan fingerprint density at radius 1 is 1.61 bits per heavy atom. The molecule has 1 saturated carbocycles. The Hall–Kier alpha value is -1.00. The van der Waals surface area contributed by atoms with Crippen LogP contribution in [0.4, 0.5) is 0 Å². The van der Waals surface area contributed by atoms with Crippen LogP contribution in [0.1, 0.15) is 49.6 Å². The third kappa shape index (κ3) is 2.70. The Labute approximate surface area is 112 Å². The van der Waals surface area contributed by atoms with Crippen LogP contribution in [0.15, 0.2) is 12.3 Å². The van der Waals surface area contributed by atoms with Crippen LogP contribution in [0.5, 0.6) is 0 Å². The monoisotopic (exact) mass is 270 g/mol. The lowest BCUT2D eigenvalue weighted by Crippen LogP contribution is -2.48. The van der Waals surface area contributed by atoms with Gasteiger partial charge in [0, 0.05) is 18.8 Å². The number of rotatable bonds is 4. The van der Waals surface area contributed by atoms with E-state index < -0.39 is 5.60 Å². The third-order valence-corrected chi connectivity index (χ3v) is 3.67. The van der Waals surface area contributed by atoms with Crippen molar-refractivity contribution in [2.24, 2.45) is 0 Å². The average Bonchev–Trinajstić information content (AvgIpc) is 2.66. The second-order valence-electron chi connectivity index (χ2n) is 5.31. The summed E-state index contributed by atoms with van der Waals surface area (Å²) in [5, 5.41) is 13.3. The van der Waals surface area contributed by atoms with Crippen molar-refractivity contribution >= 4 is 17.5 Å². The van der Waals surface area contributed by atoms with E-state index in [0.29, 0.717) is 17.3 Å². The Balaban J connectivity index is 2.04. The van der Waals surface area contributed by atoms with Gasteiger partial charge in [-0.1, -0.05) is 11.6 Å². The summed E-state index contributed by atoms with van der Waals surface area (Å²) in [6.07, 6.45) is 4.30. The number of halogens is 1. The van der Waals surface area contributed by atoms with E-state index in [-0.39, 0.29) is 11.9 Å². The minimum atomic E-state index is -0.700. The number of aliphatic hydroxyl groups is 1. The summed E-state index contributed by atoms with van der Waals surface area (Å²) < 4.78 is 1.84. The fourth-order valence-electron chi connectivity index (χ4n) is 2.15. The number of nitrogens with one attached hydrogen (secondary N) is 1. The first kappa shape index (κ1) is 13.4. The minimum absolute atomic E-state index is 0.171. The van der Waals surface area contributed by atoms with Gasteiger partial charge >= 0.3 is 0 Å². The molecule has 1 amide bonds. The average molecular weight is 271 g/mol. The van der Waals surface area contributed by atoms with Crippen molar-refractivity contribution in [1.82, 2.24) is 9.88 Å². The normalized spacial score (nSPS) is 17.6. The zero-order chi connectivity index (χ0) is 13.3. The Morgan fingerprint density at radius 2 is 2.28 bits per heavy atom. The van der Waals surface area contributed by atoms with E-state index in [1.54, 1.807) is 12.3 Å². The molecule has 0 spiro atoms. The number of nitrogens with zero attached hydrogens (tertiary/aromatic N) is 1. The van der Waals surface area contributed by atoms with Crippen molar-refractivity contribution in [2.75, 3.05) is 6.54 Å². The number of carbonyl (C=O) groups excluding carboxylic acids is 1. The van der Waals surface area contributed by atoms with E-state index in [9.17, 15) is 9.90 Å². The zero-order valence-corrected chi connectivity index (χ0v) is 11.5. The predicted molar refractivity (Wildman–Crippen MR) is 71.0 cm³/mol. The number of hydrogen-bond acceptors (Lipinski definition) is 2. The summed E-state index contributed by atoms with van der Waals surface area (Å²) >= 11 is 5.93. The third-order valence-electron chi connectivity index (χ3n) is 3.47. The van der Waals surface area contributed by atoms with Gasteiger partial charge in [-0.15, -0.1) is 0 Å². The fourth-order valence-corrected chi connectivity index (χ4v) is 2.36. The van der Waals surface area contributed by atoms with Crippen molar-refractivity contribution in [2.45, 2.75) is 44.8 Å². The minimum Gasteiger partial charge on any atom is -0.388 e. The standard InChI is InChI=1S/C13H19ClN2O2/c1-9(2)16-7-10(14)6-11(16)12(17)15-8-13(18)4-3-5-13/h6-7,9,18H,3-5,8H2,1-2H3,(H,15,17). The lowest BCUT2D eigenvalue weighted by Gasteiger charge is -2.36. The van der Waals surface area contributed by atoms with Crippen LogP contribution in [0.25, 0.3) is 0 Å².